The zero-order chi connectivity index (χ0) is 12.4. The molecule has 0 aliphatic carbocycles. The minimum Gasteiger partial charge on any atom is -0.461 e. The smallest absolute Gasteiger partial charge is 0.359 e. The molecular weight excluding hydrogens is 222 g/mol. The lowest BCUT2D eigenvalue weighted by Gasteiger charge is -2.14. The van der Waals surface area contributed by atoms with Crippen LogP contribution in [0.1, 0.15) is 33.5 Å². The maximum absolute atomic E-state index is 11.7. The van der Waals surface area contributed by atoms with Crippen LogP contribution in [0.2, 0.25) is 0 Å². The Morgan fingerprint density at radius 2 is 2.47 bits per heavy atom. The number of hydrogen-bond acceptors (Lipinski definition) is 4. The van der Waals surface area contributed by atoms with Crippen LogP contribution in [0.3, 0.4) is 0 Å². The molecule has 1 aromatic heterocycles. The largest absolute Gasteiger partial charge is 0.461 e. The van der Waals surface area contributed by atoms with Gasteiger partial charge in [0.25, 0.3) is 5.91 Å². The number of ether oxygens (including phenoxy) is 1. The molecule has 1 amide bonds. The quantitative estimate of drug-likeness (QED) is 0.772. The maximum atomic E-state index is 11.7. The first kappa shape index (κ1) is 11.4. The maximum Gasteiger partial charge on any atom is 0.359 e. The number of nitrogens with zero attached hydrogens (tertiary/aromatic N) is 2. The number of amides is 1. The lowest BCUT2D eigenvalue weighted by Crippen LogP contribution is -2.35. The van der Waals surface area contributed by atoms with Gasteiger partial charge >= 0.3 is 5.97 Å². The van der Waals surface area contributed by atoms with Crippen molar-refractivity contribution in [2.75, 3.05) is 13.2 Å². The molecule has 90 valence electrons. The molecule has 2 heterocycles. The summed E-state index contributed by atoms with van der Waals surface area (Å²) in [5, 5.41) is 6.80. The average Bonchev–Trinajstić information content (AvgIpc) is 2.69. The first-order chi connectivity index (χ1) is 8.19. The van der Waals surface area contributed by atoms with E-state index < -0.39 is 5.97 Å². The molecule has 1 aliphatic heterocycles. The third-order valence-electron chi connectivity index (χ3n) is 2.49. The highest BCUT2D eigenvalue weighted by Gasteiger charge is 2.28. The normalized spacial score (nSPS) is 13.8. The van der Waals surface area contributed by atoms with Crippen LogP contribution < -0.4 is 5.32 Å². The zero-order valence-corrected chi connectivity index (χ0v) is 9.52. The van der Waals surface area contributed by atoms with E-state index in [2.05, 4.69) is 17.0 Å². The summed E-state index contributed by atoms with van der Waals surface area (Å²) in [6.07, 6.45) is 1.45. The third-order valence-corrected chi connectivity index (χ3v) is 2.49. The van der Waals surface area contributed by atoms with Crippen LogP contribution >= 0.6 is 0 Å². The molecule has 0 spiro atoms. The number of rotatable bonds is 3. The Labute approximate surface area is 98.2 Å². The van der Waals surface area contributed by atoms with Crippen molar-refractivity contribution in [3.63, 3.8) is 0 Å². The number of carbonyl (C=O) groups excluding carboxylic acids is 2. The number of hydrogen-bond donors (Lipinski definition) is 1. The summed E-state index contributed by atoms with van der Waals surface area (Å²) < 4.78 is 6.41. The fourth-order valence-electron chi connectivity index (χ4n) is 1.78. The Morgan fingerprint density at radius 1 is 1.71 bits per heavy atom. The summed E-state index contributed by atoms with van der Waals surface area (Å²) in [6, 6.07) is 0. The molecule has 1 aliphatic rings. The lowest BCUT2D eigenvalue weighted by molar-refractivity contribution is 0.0518. The molecular formula is C11H13N3O3. The zero-order valence-electron chi connectivity index (χ0n) is 9.52. The van der Waals surface area contributed by atoms with Gasteiger partial charge in [-0.2, -0.15) is 5.10 Å². The van der Waals surface area contributed by atoms with Crippen molar-refractivity contribution < 1.29 is 14.3 Å². The molecule has 0 fully saturated rings. The number of fused-ring (bicyclic) bond motifs is 1. The van der Waals surface area contributed by atoms with Gasteiger partial charge in [0.05, 0.1) is 13.2 Å². The molecule has 0 atom stereocenters. The van der Waals surface area contributed by atoms with Gasteiger partial charge in [-0.15, -0.1) is 0 Å². The van der Waals surface area contributed by atoms with Crippen molar-refractivity contribution in [2.45, 2.75) is 13.5 Å². The second kappa shape index (κ2) is 4.40. The van der Waals surface area contributed by atoms with Crippen molar-refractivity contribution in [2.24, 2.45) is 0 Å². The van der Waals surface area contributed by atoms with E-state index >= 15 is 0 Å². The monoisotopic (exact) mass is 235 g/mol. The molecule has 17 heavy (non-hydrogen) atoms. The van der Waals surface area contributed by atoms with E-state index in [4.69, 9.17) is 4.74 Å². The molecule has 0 unspecified atom stereocenters. The Morgan fingerprint density at radius 3 is 3.12 bits per heavy atom. The van der Waals surface area contributed by atoms with Crippen LogP contribution in [-0.4, -0.2) is 34.8 Å². The van der Waals surface area contributed by atoms with Gasteiger partial charge in [0, 0.05) is 12.1 Å². The number of esters is 1. The summed E-state index contributed by atoms with van der Waals surface area (Å²) in [4.78, 5) is 23.4. The number of aromatic nitrogens is 2. The number of nitrogens with one attached hydrogen (secondary N) is 1. The minimum atomic E-state index is -0.530. The summed E-state index contributed by atoms with van der Waals surface area (Å²) in [5.74, 6) is -0.772. The van der Waals surface area contributed by atoms with E-state index in [1.165, 1.54) is 10.8 Å². The summed E-state index contributed by atoms with van der Waals surface area (Å²) in [7, 11) is 0. The number of carbonyl (C=O) groups is 2. The van der Waals surface area contributed by atoms with Crippen molar-refractivity contribution in [3.05, 3.63) is 23.5 Å². The summed E-state index contributed by atoms with van der Waals surface area (Å²) >= 11 is 0. The van der Waals surface area contributed by atoms with Gasteiger partial charge in [0.15, 0.2) is 5.69 Å². The Hall–Kier alpha value is -2.11. The predicted molar refractivity (Wildman–Crippen MR) is 60.6 cm³/mol. The van der Waals surface area contributed by atoms with Crippen LogP contribution in [-0.2, 0) is 11.3 Å². The highest BCUT2D eigenvalue weighted by atomic mass is 16.5. The first-order valence-corrected chi connectivity index (χ1v) is 5.37. The van der Waals surface area contributed by atoms with Gasteiger partial charge in [-0.05, 0) is 6.92 Å². The van der Waals surface area contributed by atoms with Crippen molar-refractivity contribution in [1.82, 2.24) is 15.1 Å². The van der Waals surface area contributed by atoms with Crippen LogP contribution in [0.25, 0.3) is 6.08 Å². The topological polar surface area (TPSA) is 73.2 Å². The van der Waals surface area contributed by atoms with E-state index in [1.807, 2.05) is 0 Å². The highest BCUT2D eigenvalue weighted by Crippen LogP contribution is 2.19. The minimum absolute atomic E-state index is 0.147. The molecule has 6 nitrogen and oxygen atoms in total. The van der Waals surface area contributed by atoms with E-state index in [9.17, 15) is 9.59 Å². The lowest BCUT2D eigenvalue weighted by atomic mass is 10.1. The fraction of sp³-hybridized carbons (Fsp3) is 0.364. The second-order valence-corrected chi connectivity index (χ2v) is 3.51. The van der Waals surface area contributed by atoms with Gasteiger partial charge in [0.1, 0.15) is 5.69 Å². The van der Waals surface area contributed by atoms with E-state index in [0.29, 0.717) is 24.3 Å². The Balaban J connectivity index is 2.51. The van der Waals surface area contributed by atoms with Crippen LogP contribution in [0.4, 0.5) is 0 Å². The molecule has 1 aromatic rings. The van der Waals surface area contributed by atoms with E-state index in [-0.39, 0.29) is 18.2 Å². The molecule has 0 aromatic carbocycles. The molecule has 0 bridgehead atoms. The standard InChI is InChI=1S/C11H13N3O3/c1-3-7-8(11(16)17-4-2)13-14-6-5-12-10(15)9(7)14/h3H,1,4-6H2,2H3,(H,12,15). The highest BCUT2D eigenvalue weighted by molar-refractivity contribution is 6.01. The molecule has 6 heteroatoms. The van der Waals surface area contributed by atoms with Gasteiger partial charge < -0.3 is 10.1 Å². The second-order valence-electron chi connectivity index (χ2n) is 3.51. The molecule has 0 radical (unpaired) electrons. The summed E-state index contributed by atoms with van der Waals surface area (Å²) in [5.41, 5.74) is 0.948. The van der Waals surface area contributed by atoms with Gasteiger partial charge in [-0.1, -0.05) is 12.7 Å². The van der Waals surface area contributed by atoms with Crippen molar-refractivity contribution in [1.29, 1.82) is 0 Å². The average molecular weight is 235 g/mol. The van der Waals surface area contributed by atoms with Crippen molar-refractivity contribution >= 4 is 18.0 Å². The third kappa shape index (κ3) is 1.82. The first-order valence-electron chi connectivity index (χ1n) is 5.37. The van der Waals surface area contributed by atoms with Crippen LogP contribution in [0, 0.1) is 0 Å². The Bertz CT molecular complexity index is 490. The summed E-state index contributed by atoms with van der Waals surface area (Å²) in [6.45, 7) is 6.64. The van der Waals surface area contributed by atoms with Crippen LogP contribution in [0.5, 0.6) is 0 Å². The van der Waals surface area contributed by atoms with E-state index in [0.717, 1.165) is 0 Å². The molecule has 0 saturated heterocycles. The molecule has 2 rings (SSSR count). The SMILES string of the molecule is C=Cc1c(C(=O)OCC)nn2c1C(=O)NCC2. The molecule has 0 saturated carbocycles. The molecule has 1 N–H and O–H groups in total. The van der Waals surface area contributed by atoms with E-state index in [1.54, 1.807) is 6.92 Å². The fourth-order valence-corrected chi connectivity index (χ4v) is 1.78. The van der Waals surface area contributed by atoms with Gasteiger partial charge in [0.2, 0.25) is 0 Å². The van der Waals surface area contributed by atoms with Gasteiger partial charge in [-0.3, -0.25) is 9.48 Å². The van der Waals surface area contributed by atoms with Crippen molar-refractivity contribution in [3.8, 4) is 0 Å². The Kier molecular flexibility index (Phi) is 2.95. The van der Waals surface area contributed by atoms with Crippen LogP contribution in [0.15, 0.2) is 6.58 Å². The van der Waals surface area contributed by atoms with Gasteiger partial charge in [-0.25, -0.2) is 4.79 Å². The predicted octanol–water partition coefficient (Wildman–Crippen LogP) is 0.446.